The van der Waals surface area contributed by atoms with Gasteiger partial charge in [0.25, 0.3) is 0 Å². The number of carbonyl (C=O) groups is 1. The van der Waals surface area contributed by atoms with Gasteiger partial charge in [-0.15, -0.1) is 0 Å². The molecule has 2 N–H and O–H groups in total. The summed E-state index contributed by atoms with van der Waals surface area (Å²) in [5.74, 6) is 0.371. The van der Waals surface area contributed by atoms with Crippen molar-refractivity contribution in [2.75, 3.05) is 7.05 Å². The molecule has 88 valence electrons. The Balaban J connectivity index is 4.48. The summed E-state index contributed by atoms with van der Waals surface area (Å²) in [6.07, 6.45) is 1.78. The molecule has 1 amide bonds. The number of likely N-dealkylation sites (N-methyl/N-ethyl adjacent to an activating group) is 1. The zero-order chi connectivity index (χ0) is 12.1. The number of amides is 1. The fourth-order valence-corrected chi connectivity index (χ4v) is 1.92. The van der Waals surface area contributed by atoms with Crippen LogP contribution in [0.4, 0.5) is 0 Å². The summed E-state index contributed by atoms with van der Waals surface area (Å²) < 4.78 is 0. The van der Waals surface area contributed by atoms with Crippen LogP contribution < -0.4 is 10.6 Å². The van der Waals surface area contributed by atoms with Crippen molar-refractivity contribution in [1.29, 1.82) is 0 Å². The maximum atomic E-state index is 10.5. The first kappa shape index (κ1) is 14.0. The molecule has 0 rings (SSSR count). The summed E-state index contributed by atoms with van der Waals surface area (Å²) in [7, 11) is 1.83. The lowest BCUT2D eigenvalue weighted by Gasteiger charge is -2.30. The Labute approximate surface area is 93.3 Å². The quantitative estimate of drug-likeness (QED) is 0.660. The Morgan fingerprint density at radius 2 is 2.00 bits per heavy atom. The van der Waals surface area contributed by atoms with Crippen LogP contribution in [0.1, 0.15) is 34.1 Å². The van der Waals surface area contributed by atoms with Gasteiger partial charge in [-0.1, -0.05) is 34.3 Å². The van der Waals surface area contributed by atoms with Gasteiger partial charge in [0.1, 0.15) is 0 Å². The first-order chi connectivity index (χ1) is 6.81. The van der Waals surface area contributed by atoms with Gasteiger partial charge in [-0.3, -0.25) is 4.79 Å². The molecule has 0 aromatic carbocycles. The van der Waals surface area contributed by atoms with E-state index in [4.69, 9.17) is 0 Å². The fourth-order valence-electron chi connectivity index (χ4n) is 1.92. The van der Waals surface area contributed by atoms with Crippen molar-refractivity contribution in [2.45, 2.75) is 40.2 Å². The van der Waals surface area contributed by atoms with E-state index in [-0.39, 0.29) is 11.5 Å². The van der Waals surface area contributed by atoms with Crippen LogP contribution in [-0.2, 0) is 4.79 Å². The van der Waals surface area contributed by atoms with E-state index < -0.39 is 0 Å². The lowest BCUT2D eigenvalue weighted by Crippen LogP contribution is -2.40. The number of hydrogen-bond donors (Lipinski definition) is 2. The average Bonchev–Trinajstić information content (AvgIpc) is 2.10. The molecule has 0 bridgehead atoms. The molecule has 3 heteroatoms. The van der Waals surface area contributed by atoms with E-state index in [0.29, 0.717) is 5.92 Å². The Morgan fingerprint density at radius 1 is 1.47 bits per heavy atom. The summed E-state index contributed by atoms with van der Waals surface area (Å²) in [6, 6.07) is 0.00623. The van der Waals surface area contributed by atoms with Gasteiger partial charge in [0.2, 0.25) is 6.41 Å². The van der Waals surface area contributed by atoms with Crippen LogP contribution in [0.25, 0.3) is 0 Å². The predicted molar refractivity (Wildman–Crippen MR) is 64.4 cm³/mol. The molecule has 0 aromatic rings. The van der Waals surface area contributed by atoms with Crippen molar-refractivity contribution in [1.82, 2.24) is 10.6 Å². The lowest BCUT2D eigenvalue weighted by molar-refractivity contribution is -0.110. The summed E-state index contributed by atoms with van der Waals surface area (Å²) >= 11 is 0. The van der Waals surface area contributed by atoms with E-state index >= 15 is 0 Å². The largest absolute Gasteiger partial charge is 0.390 e. The van der Waals surface area contributed by atoms with Crippen LogP contribution in [0.5, 0.6) is 0 Å². The van der Waals surface area contributed by atoms with Crippen LogP contribution in [-0.4, -0.2) is 19.5 Å². The normalized spacial score (nSPS) is 15.3. The maximum Gasteiger partial charge on any atom is 0.207 e. The molecule has 0 radical (unpaired) electrons. The second kappa shape index (κ2) is 5.79. The van der Waals surface area contributed by atoms with Crippen LogP contribution >= 0.6 is 0 Å². The van der Waals surface area contributed by atoms with E-state index in [1.807, 2.05) is 7.05 Å². The van der Waals surface area contributed by atoms with Crippen LogP contribution in [0.15, 0.2) is 12.3 Å². The van der Waals surface area contributed by atoms with Gasteiger partial charge >= 0.3 is 0 Å². The molecule has 0 aromatic heterocycles. The van der Waals surface area contributed by atoms with Crippen molar-refractivity contribution in [3.63, 3.8) is 0 Å². The maximum absolute atomic E-state index is 10.5. The molecular formula is C12H24N2O. The predicted octanol–water partition coefficient (Wildman–Crippen LogP) is 1.91. The van der Waals surface area contributed by atoms with Crippen molar-refractivity contribution in [3.8, 4) is 0 Å². The molecule has 3 nitrogen and oxygen atoms in total. The van der Waals surface area contributed by atoms with E-state index in [1.165, 1.54) is 0 Å². The Hall–Kier alpha value is -0.990. The number of hydrogen-bond acceptors (Lipinski definition) is 2. The highest BCUT2D eigenvalue weighted by Crippen LogP contribution is 2.27. The van der Waals surface area contributed by atoms with Gasteiger partial charge in [-0.25, -0.2) is 0 Å². The second-order valence-corrected chi connectivity index (χ2v) is 5.28. The molecule has 0 aliphatic heterocycles. The zero-order valence-electron chi connectivity index (χ0n) is 10.6. The first-order valence-electron chi connectivity index (χ1n) is 5.38. The summed E-state index contributed by atoms with van der Waals surface area (Å²) in [5, 5.41) is 5.81. The summed E-state index contributed by atoms with van der Waals surface area (Å²) in [5.41, 5.74) is 1.12. The van der Waals surface area contributed by atoms with Crippen molar-refractivity contribution in [2.24, 2.45) is 11.3 Å². The standard InChI is InChI=1S/C12H24N2O/c1-9(7-12(3,4)5)11(14-8-15)10(2)13-6/h8-9,11,13H,2,7H2,1,3-6H3,(H,14,15). The number of rotatable bonds is 6. The molecule has 2 unspecified atom stereocenters. The van der Waals surface area contributed by atoms with Crippen molar-refractivity contribution in [3.05, 3.63) is 12.3 Å². The second-order valence-electron chi connectivity index (χ2n) is 5.28. The van der Waals surface area contributed by atoms with Crippen molar-refractivity contribution < 1.29 is 4.79 Å². The highest BCUT2D eigenvalue weighted by Gasteiger charge is 2.24. The monoisotopic (exact) mass is 212 g/mol. The van der Waals surface area contributed by atoms with Gasteiger partial charge in [0, 0.05) is 12.7 Å². The third kappa shape index (κ3) is 5.45. The molecule has 0 aliphatic carbocycles. The topological polar surface area (TPSA) is 41.1 Å². The third-order valence-electron chi connectivity index (χ3n) is 2.45. The lowest BCUT2D eigenvalue weighted by atomic mass is 9.81. The smallest absolute Gasteiger partial charge is 0.207 e. The van der Waals surface area contributed by atoms with E-state index in [9.17, 15) is 4.79 Å². The summed E-state index contributed by atoms with van der Waals surface area (Å²) in [6.45, 7) is 12.6. The minimum Gasteiger partial charge on any atom is -0.390 e. The van der Waals surface area contributed by atoms with Crippen LogP contribution in [0, 0.1) is 11.3 Å². The van der Waals surface area contributed by atoms with Gasteiger partial charge in [0.05, 0.1) is 6.04 Å². The molecule has 0 spiro atoms. The van der Waals surface area contributed by atoms with Gasteiger partial charge in [-0.2, -0.15) is 0 Å². The minimum absolute atomic E-state index is 0.00623. The van der Waals surface area contributed by atoms with E-state index in [0.717, 1.165) is 18.5 Å². The molecule has 0 saturated heterocycles. The van der Waals surface area contributed by atoms with Crippen molar-refractivity contribution >= 4 is 6.41 Å². The highest BCUT2D eigenvalue weighted by molar-refractivity contribution is 5.48. The summed E-state index contributed by atoms with van der Waals surface area (Å²) in [4.78, 5) is 10.5. The Kier molecular flexibility index (Phi) is 5.40. The molecule has 0 aliphatic rings. The molecule has 0 saturated carbocycles. The molecule has 2 atom stereocenters. The van der Waals surface area contributed by atoms with E-state index in [1.54, 1.807) is 0 Å². The third-order valence-corrected chi connectivity index (χ3v) is 2.45. The Bertz CT molecular complexity index is 218. The van der Waals surface area contributed by atoms with Gasteiger partial charge in [-0.05, 0) is 17.8 Å². The molecule has 0 fully saturated rings. The SMILES string of the molecule is C=C(NC)C(NC=O)C(C)CC(C)(C)C. The first-order valence-corrected chi connectivity index (χ1v) is 5.38. The Morgan fingerprint density at radius 3 is 2.33 bits per heavy atom. The average molecular weight is 212 g/mol. The fraction of sp³-hybridized carbons (Fsp3) is 0.750. The van der Waals surface area contributed by atoms with Gasteiger partial charge < -0.3 is 10.6 Å². The van der Waals surface area contributed by atoms with Crippen LogP contribution in [0.3, 0.4) is 0 Å². The molecule has 0 heterocycles. The minimum atomic E-state index is 0.00623. The number of nitrogens with one attached hydrogen (secondary N) is 2. The zero-order valence-corrected chi connectivity index (χ0v) is 10.6. The number of carbonyl (C=O) groups excluding carboxylic acids is 1. The van der Waals surface area contributed by atoms with E-state index in [2.05, 4.69) is 44.9 Å². The molecule has 15 heavy (non-hydrogen) atoms. The highest BCUT2D eigenvalue weighted by atomic mass is 16.1. The molecular weight excluding hydrogens is 188 g/mol. The van der Waals surface area contributed by atoms with Gasteiger partial charge in [0.15, 0.2) is 0 Å². The van der Waals surface area contributed by atoms with Crippen LogP contribution in [0.2, 0.25) is 0 Å².